The molecule has 0 spiro atoms. The minimum absolute atomic E-state index is 0.0824. The highest BCUT2D eigenvalue weighted by atomic mass is 16.4. The molecule has 0 aromatic heterocycles. The van der Waals surface area contributed by atoms with Crippen LogP contribution in [-0.2, 0) is 9.59 Å². The first-order valence-electron chi connectivity index (χ1n) is 4.50. The number of hydrogen-bond donors (Lipinski definition) is 2. The first-order chi connectivity index (χ1) is 6.28. The molecule has 0 saturated heterocycles. The molecule has 0 aromatic rings. The maximum Gasteiger partial charge on any atom is 0.308 e. The SMILES string of the molecule is C=C(CC(=O)O)C(=O)NC(C)(C)CC. The molecular formula is C10H17NO3. The predicted octanol–water partition coefficient (Wildman–Crippen LogP) is 1.32. The lowest BCUT2D eigenvalue weighted by Gasteiger charge is -2.24. The van der Waals surface area contributed by atoms with Gasteiger partial charge in [0, 0.05) is 11.1 Å². The van der Waals surface area contributed by atoms with Crippen LogP contribution in [0.25, 0.3) is 0 Å². The van der Waals surface area contributed by atoms with E-state index >= 15 is 0 Å². The molecule has 4 heteroatoms. The Bertz CT molecular complexity index is 256. The van der Waals surface area contributed by atoms with Gasteiger partial charge < -0.3 is 10.4 Å². The number of nitrogens with one attached hydrogen (secondary N) is 1. The van der Waals surface area contributed by atoms with Crippen LogP contribution in [0.1, 0.15) is 33.6 Å². The summed E-state index contributed by atoms with van der Waals surface area (Å²) < 4.78 is 0. The number of carboxylic acids is 1. The third-order valence-corrected chi connectivity index (χ3v) is 2.02. The second kappa shape index (κ2) is 4.79. The number of rotatable bonds is 5. The van der Waals surface area contributed by atoms with Crippen LogP contribution in [0.5, 0.6) is 0 Å². The minimum Gasteiger partial charge on any atom is -0.481 e. The van der Waals surface area contributed by atoms with Crippen molar-refractivity contribution in [3.63, 3.8) is 0 Å². The molecule has 1 amide bonds. The van der Waals surface area contributed by atoms with Crippen LogP contribution in [0, 0.1) is 0 Å². The quantitative estimate of drug-likeness (QED) is 0.656. The molecule has 0 fully saturated rings. The summed E-state index contributed by atoms with van der Waals surface area (Å²) in [7, 11) is 0. The van der Waals surface area contributed by atoms with Crippen molar-refractivity contribution in [2.75, 3.05) is 0 Å². The molecule has 0 unspecified atom stereocenters. The van der Waals surface area contributed by atoms with E-state index in [4.69, 9.17) is 5.11 Å². The van der Waals surface area contributed by atoms with Crippen molar-refractivity contribution in [2.45, 2.75) is 39.2 Å². The molecule has 0 rings (SSSR count). The number of carboxylic acid groups (broad SMARTS) is 1. The van der Waals surface area contributed by atoms with E-state index in [1.54, 1.807) is 0 Å². The van der Waals surface area contributed by atoms with Crippen molar-refractivity contribution >= 4 is 11.9 Å². The second-order valence-corrected chi connectivity index (χ2v) is 3.87. The topological polar surface area (TPSA) is 66.4 Å². The van der Waals surface area contributed by atoms with Gasteiger partial charge >= 0.3 is 5.97 Å². The van der Waals surface area contributed by atoms with Crippen LogP contribution in [0.2, 0.25) is 0 Å². The first-order valence-corrected chi connectivity index (χ1v) is 4.50. The lowest BCUT2D eigenvalue weighted by Crippen LogP contribution is -2.43. The molecule has 4 nitrogen and oxygen atoms in total. The average Bonchev–Trinajstić information content (AvgIpc) is 2.02. The maximum absolute atomic E-state index is 11.4. The normalized spacial score (nSPS) is 10.8. The number of carbonyl (C=O) groups excluding carboxylic acids is 1. The van der Waals surface area contributed by atoms with E-state index in [0.717, 1.165) is 6.42 Å². The zero-order valence-corrected chi connectivity index (χ0v) is 8.89. The monoisotopic (exact) mass is 199 g/mol. The Hall–Kier alpha value is -1.32. The first kappa shape index (κ1) is 12.7. The summed E-state index contributed by atoms with van der Waals surface area (Å²) in [6.45, 7) is 9.11. The third kappa shape index (κ3) is 4.64. The summed E-state index contributed by atoms with van der Waals surface area (Å²) in [4.78, 5) is 21.7. The van der Waals surface area contributed by atoms with Gasteiger partial charge in [0.05, 0.1) is 6.42 Å². The molecule has 0 atom stereocenters. The van der Waals surface area contributed by atoms with Crippen molar-refractivity contribution in [2.24, 2.45) is 0 Å². The lowest BCUT2D eigenvalue weighted by molar-refractivity contribution is -0.137. The number of hydrogen-bond acceptors (Lipinski definition) is 2. The number of amides is 1. The molecule has 0 saturated carbocycles. The minimum atomic E-state index is -1.04. The fraction of sp³-hybridized carbons (Fsp3) is 0.600. The van der Waals surface area contributed by atoms with Gasteiger partial charge in [-0.2, -0.15) is 0 Å². The van der Waals surface area contributed by atoms with Gasteiger partial charge in [0.2, 0.25) is 5.91 Å². The van der Waals surface area contributed by atoms with Crippen molar-refractivity contribution < 1.29 is 14.7 Å². The van der Waals surface area contributed by atoms with E-state index in [-0.39, 0.29) is 23.4 Å². The van der Waals surface area contributed by atoms with E-state index in [1.165, 1.54) is 0 Å². The smallest absolute Gasteiger partial charge is 0.308 e. The Morgan fingerprint density at radius 3 is 2.29 bits per heavy atom. The predicted molar refractivity (Wildman–Crippen MR) is 53.9 cm³/mol. The summed E-state index contributed by atoms with van der Waals surface area (Å²) in [6, 6.07) is 0. The number of aliphatic carboxylic acids is 1. The maximum atomic E-state index is 11.4. The van der Waals surface area contributed by atoms with Crippen molar-refractivity contribution in [1.82, 2.24) is 5.32 Å². The van der Waals surface area contributed by atoms with Gasteiger partial charge in [0.25, 0.3) is 0 Å². The highest BCUT2D eigenvalue weighted by Gasteiger charge is 2.20. The molecule has 14 heavy (non-hydrogen) atoms. The van der Waals surface area contributed by atoms with Gasteiger partial charge in [-0.3, -0.25) is 9.59 Å². The summed E-state index contributed by atoms with van der Waals surface area (Å²) >= 11 is 0. The molecule has 0 aliphatic heterocycles. The Balaban J connectivity index is 4.22. The van der Waals surface area contributed by atoms with Crippen molar-refractivity contribution in [3.8, 4) is 0 Å². The summed E-state index contributed by atoms with van der Waals surface area (Å²) in [5.41, 5.74) is -0.238. The van der Waals surface area contributed by atoms with Crippen molar-refractivity contribution in [3.05, 3.63) is 12.2 Å². The van der Waals surface area contributed by atoms with E-state index in [9.17, 15) is 9.59 Å². The Kier molecular flexibility index (Phi) is 4.34. The zero-order chi connectivity index (χ0) is 11.4. The zero-order valence-electron chi connectivity index (χ0n) is 8.89. The van der Waals surface area contributed by atoms with Crippen LogP contribution in [0.4, 0.5) is 0 Å². The van der Waals surface area contributed by atoms with E-state index in [1.807, 2.05) is 20.8 Å². The van der Waals surface area contributed by atoms with Crippen LogP contribution < -0.4 is 5.32 Å². The highest BCUT2D eigenvalue weighted by Crippen LogP contribution is 2.09. The molecular weight excluding hydrogens is 182 g/mol. The second-order valence-electron chi connectivity index (χ2n) is 3.87. The average molecular weight is 199 g/mol. The van der Waals surface area contributed by atoms with E-state index in [2.05, 4.69) is 11.9 Å². The van der Waals surface area contributed by atoms with Gasteiger partial charge in [-0.25, -0.2) is 0 Å². The summed E-state index contributed by atoms with van der Waals surface area (Å²) in [5.74, 6) is -1.43. The van der Waals surface area contributed by atoms with Gasteiger partial charge in [-0.1, -0.05) is 13.5 Å². The standard InChI is InChI=1S/C10H17NO3/c1-5-10(3,4)11-9(14)7(2)6-8(12)13/h2,5-6H2,1,3-4H3,(H,11,14)(H,12,13). The van der Waals surface area contributed by atoms with Crippen LogP contribution in [0.3, 0.4) is 0 Å². The molecule has 0 aromatic carbocycles. The molecule has 0 heterocycles. The Labute approximate surface area is 84.0 Å². The molecule has 2 N–H and O–H groups in total. The molecule has 80 valence electrons. The van der Waals surface area contributed by atoms with E-state index in [0.29, 0.717) is 0 Å². The van der Waals surface area contributed by atoms with E-state index < -0.39 is 5.97 Å². The largest absolute Gasteiger partial charge is 0.481 e. The fourth-order valence-corrected chi connectivity index (χ4v) is 0.747. The van der Waals surface area contributed by atoms with Gasteiger partial charge in [-0.05, 0) is 20.3 Å². The summed E-state index contributed by atoms with van der Waals surface area (Å²) in [5, 5.41) is 11.2. The van der Waals surface area contributed by atoms with Crippen LogP contribution >= 0.6 is 0 Å². The van der Waals surface area contributed by atoms with Gasteiger partial charge in [0.1, 0.15) is 0 Å². The third-order valence-electron chi connectivity index (χ3n) is 2.02. The molecule has 0 aliphatic rings. The Morgan fingerprint density at radius 1 is 1.43 bits per heavy atom. The summed E-state index contributed by atoms with van der Waals surface area (Å²) in [6.07, 6.45) is 0.463. The lowest BCUT2D eigenvalue weighted by atomic mass is 10.0. The van der Waals surface area contributed by atoms with Crippen LogP contribution in [-0.4, -0.2) is 22.5 Å². The molecule has 0 radical (unpaired) electrons. The van der Waals surface area contributed by atoms with Gasteiger partial charge in [-0.15, -0.1) is 0 Å². The molecule has 0 bridgehead atoms. The fourth-order valence-electron chi connectivity index (χ4n) is 0.747. The number of carbonyl (C=O) groups is 2. The van der Waals surface area contributed by atoms with Crippen LogP contribution in [0.15, 0.2) is 12.2 Å². The van der Waals surface area contributed by atoms with Gasteiger partial charge in [0.15, 0.2) is 0 Å². The van der Waals surface area contributed by atoms with Crippen molar-refractivity contribution in [1.29, 1.82) is 0 Å². The highest BCUT2D eigenvalue weighted by molar-refractivity contribution is 5.97. The Morgan fingerprint density at radius 2 is 1.93 bits per heavy atom. The molecule has 0 aliphatic carbocycles.